The Morgan fingerprint density at radius 3 is 2.42 bits per heavy atom. The highest BCUT2D eigenvalue weighted by molar-refractivity contribution is 5.22. The van der Waals surface area contributed by atoms with E-state index < -0.39 is 11.6 Å². The van der Waals surface area contributed by atoms with Gasteiger partial charge < -0.3 is 5.73 Å². The summed E-state index contributed by atoms with van der Waals surface area (Å²) in [5.41, 5.74) is 8.42. The summed E-state index contributed by atoms with van der Waals surface area (Å²) >= 11 is 0. The van der Waals surface area contributed by atoms with Crippen LogP contribution in [0.2, 0.25) is 0 Å². The normalized spacial score (nSPS) is 12.7. The van der Waals surface area contributed by atoms with E-state index >= 15 is 0 Å². The summed E-state index contributed by atoms with van der Waals surface area (Å²) in [6.45, 7) is 4.59. The number of halogens is 2. The molecular formula is C14H17F2N3. The molecule has 0 aliphatic carbocycles. The third-order valence-electron chi connectivity index (χ3n) is 2.99. The summed E-state index contributed by atoms with van der Waals surface area (Å²) < 4.78 is 28.1. The number of aromatic nitrogens is 2. The lowest BCUT2D eigenvalue weighted by molar-refractivity contribution is 0.556. The van der Waals surface area contributed by atoms with Crippen LogP contribution in [0.4, 0.5) is 8.78 Å². The Hall–Kier alpha value is -1.75. The van der Waals surface area contributed by atoms with Crippen LogP contribution >= 0.6 is 0 Å². The Morgan fingerprint density at radius 2 is 1.84 bits per heavy atom. The molecule has 1 aromatic heterocycles. The van der Waals surface area contributed by atoms with Gasteiger partial charge in [-0.05, 0) is 44.0 Å². The van der Waals surface area contributed by atoms with Gasteiger partial charge in [0.15, 0.2) is 0 Å². The van der Waals surface area contributed by atoms with Crippen molar-refractivity contribution in [3.8, 4) is 0 Å². The van der Waals surface area contributed by atoms with Crippen molar-refractivity contribution in [2.75, 3.05) is 0 Å². The van der Waals surface area contributed by atoms with E-state index in [0.717, 1.165) is 17.5 Å². The summed E-state index contributed by atoms with van der Waals surface area (Å²) in [5, 5.41) is 4.32. The smallest absolute Gasteiger partial charge is 0.126 e. The number of nitrogens with zero attached hydrogens (tertiary/aromatic N) is 2. The van der Waals surface area contributed by atoms with E-state index in [0.29, 0.717) is 18.5 Å². The first kappa shape index (κ1) is 13.7. The van der Waals surface area contributed by atoms with Gasteiger partial charge in [0.05, 0.1) is 17.4 Å². The fraction of sp³-hybridized carbons (Fsp3) is 0.357. The van der Waals surface area contributed by atoms with Gasteiger partial charge in [0.25, 0.3) is 0 Å². The molecule has 5 heteroatoms. The zero-order valence-electron chi connectivity index (χ0n) is 11.0. The SMILES string of the molecule is CCn1nc(C)cc1C(N)Cc1cc(F)cc(F)c1. The van der Waals surface area contributed by atoms with E-state index in [1.807, 2.05) is 24.6 Å². The van der Waals surface area contributed by atoms with Crippen LogP contribution in [0, 0.1) is 18.6 Å². The second kappa shape index (κ2) is 5.48. The van der Waals surface area contributed by atoms with Crippen molar-refractivity contribution in [1.82, 2.24) is 9.78 Å². The van der Waals surface area contributed by atoms with Gasteiger partial charge in [-0.2, -0.15) is 5.10 Å². The average molecular weight is 265 g/mol. The van der Waals surface area contributed by atoms with Crippen LogP contribution in [0.25, 0.3) is 0 Å². The number of hydrogen-bond acceptors (Lipinski definition) is 2. The molecule has 0 spiro atoms. The minimum absolute atomic E-state index is 0.331. The van der Waals surface area contributed by atoms with Gasteiger partial charge in [-0.3, -0.25) is 4.68 Å². The largest absolute Gasteiger partial charge is 0.322 e. The summed E-state index contributed by atoms with van der Waals surface area (Å²) in [4.78, 5) is 0. The van der Waals surface area contributed by atoms with E-state index in [1.54, 1.807) is 0 Å². The molecule has 19 heavy (non-hydrogen) atoms. The van der Waals surface area contributed by atoms with Gasteiger partial charge in [-0.25, -0.2) is 8.78 Å². The van der Waals surface area contributed by atoms with Crippen LogP contribution in [0.5, 0.6) is 0 Å². The minimum atomic E-state index is -0.581. The van der Waals surface area contributed by atoms with Crippen LogP contribution in [-0.4, -0.2) is 9.78 Å². The van der Waals surface area contributed by atoms with Crippen molar-refractivity contribution in [2.45, 2.75) is 32.9 Å². The van der Waals surface area contributed by atoms with Crippen LogP contribution in [0.15, 0.2) is 24.3 Å². The predicted octanol–water partition coefficient (Wildman–Crippen LogP) is 2.73. The van der Waals surface area contributed by atoms with Gasteiger partial charge in [-0.1, -0.05) is 0 Å². The van der Waals surface area contributed by atoms with Crippen molar-refractivity contribution in [1.29, 1.82) is 0 Å². The molecule has 1 unspecified atom stereocenters. The van der Waals surface area contributed by atoms with E-state index in [9.17, 15) is 8.78 Å². The van der Waals surface area contributed by atoms with Crippen LogP contribution in [-0.2, 0) is 13.0 Å². The Bertz CT molecular complexity index is 558. The third-order valence-corrected chi connectivity index (χ3v) is 2.99. The van der Waals surface area contributed by atoms with E-state index in [1.165, 1.54) is 12.1 Å². The Balaban J connectivity index is 2.22. The Labute approximate surface area is 111 Å². The molecule has 0 fully saturated rings. The molecule has 0 aliphatic rings. The fourth-order valence-corrected chi connectivity index (χ4v) is 2.20. The molecule has 2 N–H and O–H groups in total. The standard InChI is InChI=1S/C14H17F2N3/c1-3-19-14(4-9(2)18-19)13(17)7-10-5-11(15)8-12(16)6-10/h4-6,8,13H,3,7,17H2,1-2H3. The summed E-state index contributed by atoms with van der Waals surface area (Å²) in [6, 6.07) is 5.05. The monoisotopic (exact) mass is 265 g/mol. The molecule has 0 saturated heterocycles. The lowest BCUT2D eigenvalue weighted by Crippen LogP contribution is -2.18. The lowest BCUT2D eigenvalue weighted by atomic mass is 10.0. The zero-order chi connectivity index (χ0) is 14.0. The molecule has 0 saturated carbocycles. The molecule has 1 atom stereocenters. The number of rotatable bonds is 4. The van der Waals surface area contributed by atoms with E-state index in [4.69, 9.17) is 5.73 Å². The van der Waals surface area contributed by atoms with Gasteiger partial charge in [-0.15, -0.1) is 0 Å². The maximum atomic E-state index is 13.1. The highest BCUT2D eigenvalue weighted by atomic mass is 19.1. The Morgan fingerprint density at radius 1 is 1.21 bits per heavy atom. The quantitative estimate of drug-likeness (QED) is 0.923. The number of benzene rings is 1. The molecule has 0 bridgehead atoms. The zero-order valence-corrected chi connectivity index (χ0v) is 11.0. The van der Waals surface area contributed by atoms with Crippen molar-refractivity contribution < 1.29 is 8.78 Å². The molecule has 2 rings (SSSR count). The van der Waals surface area contributed by atoms with Crippen molar-refractivity contribution in [2.24, 2.45) is 5.73 Å². The molecule has 1 aromatic carbocycles. The molecule has 2 aromatic rings. The average Bonchev–Trinajstić information content (AvgIpc) is 2.69. The molecule has 0 amide bonds. The molecule has 0 aliphatic heterocycles. The summed E-state index contributed by atoms with van der Waals surface area (Å²) in [7, 11) is 0. The first-order valence-corrected chi connectivity index (χ1v) is 6.24. The first-order valence-electron chi connectivity index (χ1n) is 6.24. The van der Waals surface area contributed by atoms with Gasteiger partial charge in [0.1, 0.15) is 11.6 Å². The number of nitrogens with two attached hydrogens (primary N) is 1. The molecule has 102 valence electrons. The third kappa shape index (κ3) is 3.17. The maximum Gasteiger partial charge on any atom is 0.126 e. The second-order valence-electron chi connectivity index (χ2n) is 4.61. The minimum Gasteiger partial charge on any atom is -0.322 e. The van der Waals surface area contributed by atoms with Crippen LogP contribution in [0.1, 0.15) is 29.9 Å². The molecule has 3 nitrogen and oxygen atoms in total. The molecular weight excluding hydrogens is 248 g/mol. The summed E-state index contributed by atoms with van der Waals surface area (Å²) in [5.74, 6) is -1.16. The van der Waals surface area contributed by atoms with E-state index in [2.05, 4.69) is 5.10 Å². The van der Waals surface area contributed by atoms with Crippen molar-refractivity contribution in [3.63, 3.8) is 0 Å². The summed E-state index contributed by atoms with van der Waals surface area (Å²) in [6.07, 6.45) is 0.375. The van der Waals surface area contributed by atoms with Gasteiger partial charge >= 0.3 is 0 Å². The van der Waals surface area contributed by atoms with Crippen molar-refractivity contribution >= 4 is 0 Å². The lowest BCUT2D eigenvalue weighted by Gasteiger charge is -2.13. The number of aryl methyl sites for hydroxylation is 2. The van der Waals surface area contributed by atoms with Crippen LogP contribution < -0.4 is 5.73 Å². The van der Waals surface area contributed by atoms with Gasteiger partial charge in [0.2, 0.25) is 0 Å². The maximum absolute atomic E-state index is 13.1. The second-order valence-corrected chi connectivity index (χ2v) is 4.61. The topological polar surface area (TPSA) is 43.8 Å². The Kier molecular flexibility index (Phi) is 3.95. The van der Waals surface area contributed by atoms with Crippen molar-refractivity contribution in [3.05, 3.63) is 52.9 Å². The van der Waals surface area contributed by atoms with E-state index in [-0.39, 0.29) is 6.04 Å². The molecule has 1 heterocycles. The highest BCUT2D eigenvalue weighted by Gasteiger charge is 2.14. The predicted molar refractivity (Wildman–Crippen MR) is 69.6 cm³/mol. The van der Waals surface area contributed by atoms with Gasteiger partial charge in [0, 0.05) is 12.6 Å². The fourth-order valence-electron chi connectivity index (χ4n) is 2.20. The number of hydrogen-bond donors (Lipinski definition) is 1. The highest BCUT2D eigenvalue weighted by Crippen LogP contribution is 2.19. The van der Waals surface area contributed by atoms with Crippen LogP contribution in [0.3, 0.4) is 0 Å². The molecule has 0 radical (unpaired) electrons. The first-order chi connectivity index (χ1) is 8.99.